The number of azo groups is 2. The van der Waals surface area contributed by atoms with Crippen LogP contribution in [0.2, 0.25) is 0 Å². The molecule has 0 bridgehead atoms. The van der Waals surface area contributed by atoms with Gasteiger partial charge in [-0.2, -0.15) is 28.9 Å². The molecular weight excluding hydrogens is 785 g/mol. The summed E-state index contributed by atoms with van der Waals surface area (Å²) in [6.45, 7) is 0. The largest absolute Gasteiger partial charge is 1.00 e. The van der Waals surface area contributed by atoms with Gasteiger partial charge in [0.2, 0.25) is 5.78 Å². The molecule has 0 unspecified atom stereocenters. The van der Waals surface area contributed by atoms with Gasteiger partial charge < -0.3 is 25.3 Å². The van der Waals surface area contributed by atoms with Crippen molar-refractivity contribution in [3.63, 3.8) is 0 Å². The molecule has 260 valence electrons. The number of carboxylic acid groups (broad SMARTS) is 1. The number of carbonyl (C=O) groups is 2. The van der Waals surface area contributed by atoms with E-state index in [0.717, 1.165) is 36.4 Å². The third kappa shape index (κ3) is 10.7. The molecule has 1 aliphatic rings. The summed E-state index contributed by atoms with van der Waals surface area (Å²) in [4.78, 5) is 32.8. The van der Waals surface area contributed by atoms with Crippen molar-refractivity contribution < 1.29 is 139 Å². The Morgan fingerprint density at radius 2 is 1.37 bits per heavy atom. The monoisotopic (exact) mass is 802 g/mol. The van der Waals surface area contributed by atoms with E-state index in [-0.39, 0.29) is 117 Å². The van der Waals surface area contributed by atoms with Crippen LogP contribution in [0.5, 0.6) is 5.75 Å². The summed E-state index contributed by atoms with van der Waals surface area (Å²) < 4.78 is 71.0. The number of aromatic carboxylic acids is 1. The van der Waals surface area contributed by atoms with Crippen molar-refractivity contribution in [1.82, 2.24) is 0 Å². The van der Waals surface area contributed by atoms with Gasteiger partial charge in [-0.15, -0.1) is 5.11 Å². The molecule has 0 amide bonds. The van der Waals surface area contributed by atoms with Gasteiger partial charge in [0, 0.05) is 12.1 Å². The average molecular weight is 803 g/mol. The number of carboxylic acids is 1. The minimum Gasteiger partial charge on any atom is -0.872 e. The Bertz CT molecular complexity index is 2500. The van der Waals surface area contributed by atoms with E-state index in [2.05, 4.69) is 31.0 Å². The molecule has 4 N–H and O–H groups in total. The molecule has 0 aliphatic heterocycles. The van der Waals surface area contributed by atoms with Crippen LogP contribution in [0.15, 0.2) is 108 Å². The zero-order valence-electron chi connectivity index (χ0n) is 28.0. The van der Waals surface area contributed by atoms with Gasteiger partial charge in [0.1, 0.15) is 26.4 Å². The summed E-state index contributed by atoms with van der Waals surface area (Å²) in [6, 6.07) is 13.8. The van der Waals surface area contributed by atoms with Crippen LogP contribution in [0.25, 0.3) is 6.08 Å². The van der Waals surface area contributed by atoms with Gasteiger partial charge in [-0.3, -0.25) is 24.9 Å². The van der Waals surface area contributed by atoms with Crippen LogP contribution >= 0.6 is 0 Å². The Labute approximate surface area is 370 Å². The number of nitro benzene ring substituents is 1. The summed E-state index contributed by atoms with van der Waals surface area (Å²) in [5, 5.41) is 52.6. The predicted octanol–water partition coefficient (Wildman–Crippen LogP) is -5.75. The van der Waals surface area contributed by atoms with Crippen LogP contribution in [0.4, 0.5) is 39.8 Å². The maximum absolute atomic E-state index is 13.6. The van der Waals surface area contributed by atoms with Crippen LogP contribution in [0.1, 0.15) is 26.3 Å². The molecule has 5 rings (SSSR count). The second kappa shape index (κ2) is 18.7. The van der Waals surface area contributed by atoms with Crippen molar-refractivity contribution in [2.75, 3.05) is 11.2 Å². The number of hydrogen-bond donors (Lipinski definition) is 3. The van der Waals surface area contributed by atoms with E-state index in [1.54, 1.807) is 0 Å². The average Bonchev–Trinajstić information content (AvgIpc) is 3.06. The standard InChI is InChI=1S/C29H20N8O12S2.3Na/c30-25-24-14(11-22(50(44,45)46)26(25)35-32-17-5-8-19(9-6-17)37(42)43)12-23(51(47,48)49)27(28(24)39)36-33-16-3-1-15(2-4-16)31-34-18-7-10-21(38)20(13-18)29(40)41;;;/h1-13,33,38H,30H2,(H,40,41)(H,44,45,46)(H,47,48,49);;;/q;3*+1/p-3. The molecule has 0 spiro atoms. The molecule has 1 aliphatic carbocycles. The number of nitrogens with one attached hydrogen (secondary N) is 1. The van der Waals surface area contributed by atoms with Crippen LogP contribution < -0.4 is 110 Å². The molecular formula is C29H17N8Na3O12S2. The number of Topliss-reactive ketones (excluding diaryl/α,β-unsaturated/α-hetero) is 1. The van der Waals surface area contributed by atoms with Gasteiger partial charge in [0.25, 0.3) is 15.8 Å². The third-order valence-electron chi connectivity index (χ3n) is 6.80. The molecule has 54 heavy (non-hydrogen) atoms. The van der Waals surface area contributed by atoms with E-state index < -0.39 is 86.2 Å². The van der Waals surface area contributed by atoms with Crippen LogP contribution in [0.3, 0.4) is 0 Å². The van der Waals surface area contributed by atoms with Crippen molar-refractivity contribution in [3.8, 4) is 5.75 Å². The fourth-order valence-corrected chi connectivity index (χ4v) is 5.74. The van der Waals surface area contributed by atoms with E-state index in [9.17, 15) is 55.9 Å². The molecule has 20 nitrogen and oxygen atoms in total. The van der Waals surface area contributed by atoms with Gasteiger partial charge in [-0.05, 0) is 71.8 Å². The van der Waals surface area contributed by atoms with Crippen LogP contribution in [-0.2, 0) is 20.2 Å². The van der Waals surface area contributed by atoms with Gasteiger partial charge in [-0.25, -0.2) is 8.42 Å². The maximum atomic E-state index is 13.6. The Morgan fingerprint density at radius 3 is 1.91 bits per heavy atom. The molecule has 0 saturated heterocycles. The fourth-order valence-electron chi connectivity index (χ4n) is 4.42. The van der Waals surface area contributed by atoms with Crippen molar-refractivity contribution in [3.05, 3.63) is 105 Å². The molecule has 0 heterocycles. The number of ketones is 1. The minimum atomic E-state index is -5.44. The van der Waals surface area contributed by atoms with Crippen molar-refractivity contribution >= 4 is 83.6 Å². The minimum absolute atomic E-state index is 0. The molecule has 0 aromatic heterocycles. The zero-order chi connectivity index (χ0) is 37.2. The second-order valence-electron chi connectivity index (χ2n) is 10.1. The number of nitrogens with zero attached hydrogens (tertiary/aromatic N) is 6. The van der Waals surface area contributed by atoms with Crippen molar-refractivity contribution in [1.29, 1.82) is 0 Å². The molecule has 0 radical (unpaired) electrons. The van der Waals surface area contributed by atoms with Crippen LogP contribution in [-0.4, -0.2) is 48.3 Å². The molecule has 4 aromatic rings. The van der Waals surface area contributed by atoms with E-state index in [1.807, 2.05) is 0 Å². The van der Waals surface area contributed by atoms with Gasteiger partial charge >= 0.3 is 88.7 Å². The Balaban J connectivity index is 0.00000336. The first-order valence-corrected chi connectivity index (χ1v) is 16.5. The smallest absolute Gasteiger partial charge is 0.872 e. The number of rotatable bonds is 10. The van der Waals surface area contributed by atoms with E-state index >= 15 is 0 Å². The number of allylic oxidation sites excluding steroid dienone is 1. The van der Waals surface area contributed by atoms with E-state index in [0.29, 0.717) is 12.1 Å². The zero-order valence-corrected chi connectivity index (χ0v) is 35.7. The Hall–Kier alpha value is -3.75. The number of fused-ring (bicyclic) bond motifs is 1. The second-order valence-corrected chi connectivity index (χ2v) is 12.9. The molecule has 25 heteroatoms. The predicted molar refractivity (Wildman–Crippen MR) is 172 cm³/mol. The summed E-state index contributed by atoms with van der Waals surface area (Å²) in [6.07, 6.45) is 0.635. The number of carbonyl (C=O) groups excluding carboxylic acids is 2. The quantitative estimate of drug-likeness (QED) is 0.0336. The third-order valence-corrected chi connectivity index (χ3v) is 8.51. The normalized spacial score (nSPS) is 13.3. The van der Waals surface area contributed by atoms with E-state index in [1.165, 1.54) is 30.3 Å². The molecule has 0 atom stereocenters. The maximum Gasteiger partial charge on any atom is 1.00 e. The Morgan fingerprint density at radius 1 is 0.833 bits per heavy atom. The summed E-state index contributed by atoms with van der Waals surface area (Å²) in [7, 11) is -10.6. The van der Waals surface area contributed by atoms with Gasteiger partial charge in [0.15, 0.2) is 0 Å². The number of benzene rings is 4. The van der Waals surface area contributed by atoms with Crippen molar-refractivity contribution in [2.24, 2.45) is 25.6 Å². The number of anilines is 2. The molecule has 0 saturated carbocycles. The van der Waals surface area contributed by atoms with Crippen molar-refractivity contribution in [2.45, 2.75) is 4.90 Å². The summed E-state index contributed by atoms with van der Waals surface area (Å²) in [5.74, 6) is -3.72. The summed E-state index contributed by atoms with van der Waals surface area (Å²) >= 11 is 0. The first-order valence-electron chi connectivity index (χ1n) is 13.6. The van der Waals surface area contributed by atoms with E-state index in [4.69, 9.17) is 5.73 Å². The fraction of sp³-hybridized carbons (Fsp3) is 0. The number of non-ortho nitro benzene ring substituents is 1. The Kier molecular flexibility index (Phi) is 16.1. The SMILES string of the molecule is Nc1c(N=Nc2ccc([N+](=O)[O-])cc2)c(S(=O)(=O)O)cc2c1C(=O)C(=NNc1ccc(N=Nc3ccc([O-])c(C(=O)[O-])c3)cc1)C(S(=O)(=O)[O-])=C2.[Na+].[Na+].[Na+]. The first kappa shape index (κ1) is 46.4. The number of nitrogens with two attached hydrogens (primary N) is 1. The summed E-state index contributed by atoms with van der Waals surface area (Å²) in [5.41, 5.74) is 4.57. The van der Waals surface area contributed by atoms with Crippen LogP contribution in [0, 0.1) is 10.1 Å². The molecule has 4 aromatic carbocycles. The molecule has 0 fully saturated rings. The number of hydrazone groups is 1. The topological polar surface area (TPSA) is 335 Å². The van der Waals surface area contributed by atoms with Gasteiger partial charge in [-0.1, -0.05) is 11.8 Å². The number of nitrogen functional groups attached to an aromatic ring is 1. The number of nitro groups is 1. The number of hydrogen-bond acceptors (Lipinski definition) is 18. The van der Waals surface area contributed by atoms with Gasteiger partial charge in [0.05, 0.1) is 49.8 Å². The first-order chi connectivity index (χ1) is 23.9.